The molecule has 1 unspecified atom stereocenters. The van der Waals surface area contributed by atoms with E-state index in [1.165, 1.54) is 17.6 Å². The monoisotopic (exact) mass is 383 g/mol. The number of non-ortho nitro benzene ring substituents is 1. The van der Waals surface area contributed by atoms with E-state index in [1.54, 1.807) is 36.4 Å². The second kappa shape index (κ2) is 9.82. The van der Waals surface area contributed by atoms with Crippen molar-refractivity contribution in [1.29, 1.82) is 0 Å². The zero-order valence-corrected chi connectivity index (χ0v) is 14.6. The number of rotatable bonds is 6. The number of carbonyl (C=O) groups excluding carboxylic acids is 2. The Hall–Kier alpha value is -3.74. The van der Waals surface area contributed by atoms with Gasteiger partial charge in [0.25, 0.3) is 11.6 Å². The molecule has 0 bridgehead atoms. The topological polar surface area (TPSA) is 142 Å². The first kappa shape index (κ1) is 20.6. The molecule has 0 radical (unpaired) electrons. The number of carbonyl (C=O) groups is 2. The summed E-state index contributed by atoms with van der Waals surface area (Å²) in [7, 11) is 0. The molecule has 2 amide bonds. The van der Waals surface area contributed by atoms with E-state index in [0.29, 0.717) is 16.7 Å². The highest BCUT2D eigenvalue weighted by atomic mass is 16.6. The second-order valence-corrected chi connectivity index (χ2v) is 5.74. The summed E-state index contributed by atoms with van der Waals surface area (Å²) in [6, 6.07) is 12.3. The lowest BCUT2D eigenvalue weighted by molar-refractivity contribution is -0.384. The first-order chi connectivity index (χ1) is 13.4. The van der Waals surface area contributed by atoms with Gasteiger partial charge in [0.15, 0.2) is 0 Å². The smallest absolute Gasteiger partial charge is 0.270 e. The van der Waals surface area contributed by atoms with Crippen LogP contribution in [0.1, 0.15) is 27.9 Å². The molecule has 2 aromatic rings. The zero-order valence-electron chi connectivity index (χ0n) is 14.6. The quantitative estimate of drug-likeness (QED) is 0.254. The van der Waals surface area contributed by atoms with Crippen LogP contribution in [0.15, 0.2) is 48.5 Å². The van der Waals surface area contributed by atoms with Crippen LogP contribution < -0.4 is 10.8 Å². The minimum Gasteiger partial charge on any atom is -0.391 e. The number of hydrogen-bond acceptors (Lipinski definition) is 6. The fourth-order valence-electron chi connectivity index (χ4n) is 2.19. The largest absolute Gasteiger partial charge is 0.391 e. The third-order valence-corrected chi connectivity index (χ3v) is 3.60. The van der Waals surface area contributed by atoms with Crippen molar-refractivity contribution in [3.05, 3.63) is 75.3 Å². The molecule has 0 aliphatic heterocycles. The van der Waals surface area contributed by atoms with Gasteiger partial charge in [-0.15, -0.1) is 0 Å². The second-order valence-electron chi connectivity index (χ2n) is 5.74. The van der Waals surface area contributed by atoms with Gasteiger partial charge < -0.3 is 10.4 Å². The van der Waals surface area contributed by atoms with Crippen molar-refractivity contribution in [2.75, 3.05) is 6.54 Å². The van der Waals surface area contributed by atoms with Crippen LogP contribution in [-0.4, -0.2) is 39.7 Å². The Kier molecular flexibility index (Phi) is 7.21. The number of aliphatic hydroxyl groups is 1. The van der Waals surface area contributed by atoms with Crippen molar-refractivity contribution in [2.24, 2.45) is 0 Å². The van der Waals surface area contributed by atoms with Gasteiger partial charge in [-0.25, -0.2) is 5.48 Å². The van der Waals surface area contributed by atoms with Crippen molar-refractivity contribution in [3.8, 4) is 11.8 Å². The van der Waals surface area contributed by atoms with Crippen molar-refractivity contribution >= 4 is 17.5 Å². The Morgan fingerprint density at radius 2 is 1.79 bits per heavy atom. The molecule has 1 atom stereocenters. The van der Waals surface area contributed by atoms with Gasteiger partial charge in [-0.3, -0.25) is 24.9 Å². The zero-order chi connectivity index (χ0) is 20.5. The van der Waals surface area contributed by atoms with Crippen LogP contribution in [0.5, 0.6) is 0 Å². The molecule has 9 heteroatoms. The summed E-state index contributed by atoms with van der Waals surface area (Å²) in [4.78, 5) is 33.2. The lowest BCUT2D eigenvalue weighted by atomic mass is 10.1. The molecule has 2 aromatic carbocycles. The predicted molar refractivity (Wildman–Crippen MR) is 98.4 cm³/mol. The molecule has 4 N–H and O–H groups in total. The number of nitro groups is 1. The van der Waals surface area contributed by atoms with Gasteiger partial charge in [0.1, 0.15) is 0 Å². The van der Waals surface area contributed by atoms with Crippen LogP contribution in [-0.2, 0) is 4.79 Å². The highest BCUT2D eigenvalue weighted by Crippen LogP contribution is 2.12. The Balaban J connectivity index is 1.96. The SMILES string of the molecule is O=C(CC(O)CNC(=O)c1ccc(C#Cc2cccc([N+](=O)[O-])c2)cc1)NO. The minimum atomic E-state index is -1.13. The highest BCUT2D eigenvalue weighted by Gasteiger charge is 2.12. The Morgan fingerprint density at radius 1 is 1.11 bits per heavy atom. The highest BCUT2D eigenvalue weighted by molar-refractivity contribution is 5.94. The Labute approximate surface area is 160 Å². The maximum absolute atomic E-state index is 12.0. The fourth-order valence-corrected chi connectivity index (χ4v) is 2.19. The van der Waals surface area contributed by atoms with Crippen molar-refractivity contribution in [3.63, 3.8) is 0 Å². The summed E-state index contributed by atoms with van der Waals surface area (Å²) in [6.07, 6.45) is -1.47. The van der Waals surface area contributed by atoms with Crippen LogP contribution in [0, 0.1) is 22.0 Å². The maximum atomic E-state index is 12.0. The number of hydroxylamine groups is 1. The molecular formula is C19H17N3O6. The maximum Gasteiger partial charge on any atom is 0.270 e. The molecule has 0 aliphatic rings. The predicted octanol–water partition coefficient (Wildman–Crippen LogP) is 0.981. The molecule has 9 nitrogen and oxygen atoms in total. The van der Waals surface area contributed by atoms with Gasteiger partial charge in [-0.05, 0) is 30.3 Å². The first-order valence-corrected chi connectivity index (χ1v) is 8.15. The van der Waals surface area contributed by atoms with E-state index in [2.05, 4.69) is 17.2 Å². The van der Waals surface area contributed by atoms with Gasteiger partial charge >= 0.3 is 0 Å². The average Bonchev–Trinajstić information content (AvgIpc) is 2.71. The molecular weight excluding hydrogens is 366 g/mol. The van der Waals surface area contributed by atoms with E-state index < -0.39 is 22.8 Å². The molecule has 144 valence electrons. The van der Waals surface area contributed by atoms with Crippen LogP contribution in [0.25, 0.3) is 0 Å². The average molecular weight is 383 g/mol. The van der Waals surface area contributed by atoms with Gasteiger partial charge in [0.05, 0.1) is 17.4 Å². The number of hydrogen-bond donors (Lipinski definition) is 4. The van der Waals surface area contributed by atoms with E-state index >= 15 is 0 Å². The summed E-state index contributed by atoms with van der Waals surface area (Å²) in [6.45, 7) is -0.152. The molecule has 0 heterocycles. The molecule has 0 spiro atoms. The molecule has 0 aliphatic carbocycles. The number of nitrogens with one attached hydrogen (secondary N) is 2. The van der Waals surface area contributed by atoms with E-state index in [4.69, 9.17) is 5.21 Å². The number of amides is 2. The number of nitro benzene ring substituents is 1. The normalized spacial score (nSPS) is 10.9. The summed E-state index contributed by atoms with van der Waals surface area (Å²) < 4.78 is 0. The van der Waals surface area contributed by atoms with Crippen LogP contribution in [0.4, 0.5) is 5.69 Å². The van der Waals surface area contributed by atoms with E-state index in [9.17, 15) is 24.8 Å². The molecule has 0 fully saturated rings. The van der Waals surface area contributed by atoms with Gasteiger partial charge in [-0.1, -0.05) is 17.9 Å². The third kappa shape index (κ3) is 6.21. The van der Waals surface area contributed by atoms with Crippen LogP contribution in [0.2, 0.25) is 0 Å². The van der Waals surface area contributed by atoms with Crippen molar-refractivity contribution in [2.45, 2.75) is 12.5 Å². The summed E-state index contributed by atoms with van der Waals surface area (Å²) >= 11 is 0. The van der Waals surface area contributed by atoms with E-state index in [0.717, 1.165) is 0 Å². The number of benzene rings is 2. The molecule has 2 rings (SSSR count). The summed E-state index contributed by atoms with van der Waals surface area (Å²) in [5.41, 5.74) is 2.80. The van der Waals surface area contributed by atoms with Gasteiger partial charge in [-0.2, -0.15) is 0 Å². The van der Waals surface area contributed by atoms with Gasteiger partial charge in [0.2, 0.25) is 5.91 Å². The molecule has 28 heavy (non-hydrogen) atoms. The molecule has 0 saturated heterocycles. The van der Waals surface area contributed by atoms with E-state index in [-0.39, 0.29) is 18.7 Å². The first-order valence-electron chi connectivity index (χ1n) is 8.15. The number of nitrogens with zero attached hydrogens (tertiary/aromatic N) is 1. The fraction of sp³-hybridized carbons (Fsp3) is 0.158. The van der Waals surface area contributed by atoms with Crippen LogP contribution in [0.3, 0.4) is 0 Å². The van der Waals surface area contributed by atoms with Crippen LogP contribution >= 0.6 is 0 Å². The van der Waals surface area contributed by atoms with Gasteiger partial charge in [0, 0.05) is 35.4 Å². The molecule has 0 aromatic heterocycles. The molecule has 0 saturated carbocycles. The number of aliphatic hydroxyl groups excluding tert-OH is 1. The minimum absolute atomic E-state index is 0.0440. The standard InChI is InChI=1S/C19H17N3O6/c23-17(11-18(24)21-26)12-20-19(25)15-8-6-13(7-9-15)4-5-14-2-1-3-16(10-14)22(27)28/h1-3,6-10,17,23,26H,11-12H2,(H,20,25)(H,21,24). The summed E-state index contributed by atoms with van der Waals surface area (Å²) in [5, 5.41) is 31.2. The lowest BCUT2D eigenvalue weighted by Crippen LogP contribution is -2.35. The summed E-state index contributed by atoms with van der Waals surface area (Å²) in [5.74, 6) is 4.48. The van der Waals surface area contributed by atoms with Crippen molar-refractivity contribution < 1.29 is 24.8 Å². The van der Waals surface area contributed by atoms with E-state index in [1.807, 2.05) is 0 Å². The Morgan fingerprint density at radius 3 is 2.43 bits per heavy atom. The Bertz CT molecular complexity index is 931. The van der Waals surface area contributed by atoms with Crippen molar-refractivity contribution in [1.82, 2.24) is 10.8 Å². The third-order valence-electron chi connectivity index (χ3n) is 3.60. The lowest BCUT2D eigenvalue weighted by Gasteiger charge is -2.10.